The van der Waals surface area contributed by atoms with Gasteiger partial charge in [-0.05, 0) is 99.8 Å². The lowest BCUT2D eigenvalue weighted by molar-refractivity contribution is -0.302. The molecule has 4 aliphatic heterocycles. The first-order valence-electron chi connectivity index (χ1n) is 22.5. The van der Waals surface area contributed by atoms with Gasteiger partial charge in [0.25, 0.3) is 11.7 Å². The summed E-state index contributed by atoms with van der Waals surface area (Å²) in [6.07, 6.45) is 9.99. The van der Waals surface area contributed by atoms with E-state index in [9.17, 15) is 34.5 Å². The number of Topliss-reactive ketones (excluding diaryl/α,β-unsaturated/α-hetero) is 2. The Morgan fingerprint density at radius 1 is 0.903 bits per heavy atom. The summed E-state index contributed by atoms with van der Waals surface area (Å²) in [5.74, 6) is -8.46. The van der Waals surface area contributed by atoms with Crippen molar-refractivity contribution in [2.24, 2.45) is 35.5 Å². The van der Waals surface area contributed by atoms with Gasteiger partial charge in [0.2, 0.25) is 5.79 Å². The van der Waals surface area contributed by atoms with E-state index >= 15 is 0 Å². The molecule has 1 amide bonds. The van der Waals surface area contributed by atoms with Gasteiger partial charge in [-0.1, -0.05) is 50.6 Å². The standard InChI is InChI=1S/C48H68N2O12/c1-27-20-28(2)22-40(59-6)44-41(60-7)23-29(3)48(57,62-44)45(54)46(55)50-19-9-12-34-35(24-32-13-14-36(51)39(25-32)58-5)43(61-47(56)42(34)50)30(4)37(52)26-38(53)33(21-27)11-8-10-31-15-17-49-18-16-31/h8,10,15-18,21,24,28-30,32-34,36-37,39-44,51-52,57H,9,11-14,19-20,22-23,25-26H2,1-7H3/b10-8+,27-21+,35-24+/t28-,29+,30+,32-,33+,34?,36+,37-,39+,40-,41-,42-,43-,44+,48+/m0/s1. The summed E-state index contributed by atoms with van der Waals surface area (Å²) in [6, 6.07) is 2.57. The fourth-order valence-corrected chi connectivity index (χ4v) is 10.6. The van der Waals surface area contributed by atoms with Crippen LogP contribution < -0.4 is 0 Å². The van der Waals surface area contributed by atoms with Crippen LogP contribution >= 0.6 is 0 Å². The summed E-state index contributed by atoms with van der Waals surface area (Å²) in [5.41, 5.74) is 2.60. The molecule has 4 fully saturated rings. The number of ether oxygens (including phenoxy) is 5. The molecule has 14 heteroatoms. The van der Waals surface area contributed by atoms with Crippen LogP contribution in [0.5, 0.6) is 0 Å². The molecule has 4 bridgehead atoms. The third kappa shape index (κ3) is 10.5. The quantitative estimate of drug-likeness (QED) is 0.193. The van der Waals surface area contributed by atoms with Crippen LogP contribution in [0, 0.1) is 35.5 Å². The fourth-order valence-electron chi connectivity index (χ4n) is 10.6. The zero-order chi connectivity index (χ0) is 44.9. The van der Waals surface area contributed by atoms with Crippen LogP contribution in [0.1, 0.15) is 97.5 Å². The van der Waals surface area contributed by atoms with Crippen molar-refractivity contribution < 1.29 is 58.2 Å². The minimum atomic E-state index is -2.54. The lowest BCUT2D eigenvalue weighted by atomic mass is 9.72. The molecule has 1 unspecified atom stereocenters. The predicted molar refractivity (Wildman–Crippen MR) is 229 cm³/mol. The zero-order valence-electron chi connectivity index (χ0n) is 37.4. The van der Waals surface area contributed by atoms with E-state index in [1.54, 1.807) is 33.4 Å². The number of aliphatic hydroxyl groups is 3. The molecule has 6 rings (SSSR count). The van der Waals surface area contributed by atoms with Crippen LogP contribution in [0.3, 0.4) is 0 Å². The number of nitrogens with zero attached hydrogens (tertiary/aromatic N) is 2. The summed E-state index contributed by atoms with van der Waals surface area (Å²) >= 11 is 0. The minimum absolute atomic E-state index is 0.00853. The molecule has 3 N–H and O–H groups in total. The number of carbonyl (C=O) groups excluding carboxylic acids is 4. The molecular weight excluding hydrogens is 797 g/mol. The molecule has 0 radical (unpaired) electrons. The van der Waals surface area contributed by atoms with E-state index in [4.69, 9.17) is 23.7 Å². The molecule has 15 atom stereocenters. The second-order valence-corrected chi connectivity index (χ2v) is 18.6. The van der Waals surface area contributed by atoms with Crippen LogP contribution in [0.25, 0.3) is 6.08 Å². The summed E-state index contributed by atoms with van der Waals surface area (Å²) < 4.78 is 30.0. The maximum Gasteiger partial charge on any atom is 0.330 e. The largest absolute Gasteiger partial charge is 0.456 e. The molecule has 1 saturated carbocycles. The first kappa shape index (κ1) is 47.8. The number of hydrogen-bond acceptors (Lipinski definition) is 13. The monoisotopic (exact) mass is 864 g/mol. The van der Waals surface area contributed by atoms with Gasteiger partial charge in [-0.2, -0.15) is 0 Å². The number of aromatic nitrogens is 1. The summed E-state index contributed by atoms with van der Waals surface area (Å²) in [4.78, 5) is 63.0. The van der Waals surface area contributed by atoms with Crippen LogP contribution in [-0.4, -0.2) is 131 Å². The number of piperidine rings is 1. The lowest BCUT2D eigenvalue weighted by Crippen LogP contribution is -2.66. The zero-order valence-corrected chi connectivity index (χ0v) is 37.4. The smallest absolute Gasteiger partial charge is 0.330 e. The Balaban J connectivity index is 1.42. The Morgan fingerprint density at radius 2 is 1.60 bits per heavy atom. The average Bonchev–Trinajstić information content (AvgIpc) is 3.26. The van der Waals surface area contributed by atoms with Crippen molar-refractivity contribution in [1.29, 1.82) is 0 Å². The molecule has 1 aromatic heterocycles. The molecule has 3 saturated heterocycles. The van der Waals surface area contributed by atoms with E-state index in [1.807, 2.05) is 50.3 Å². The molecule has 1 aliphatic carbocycles. The Hall–Kier alpha value is -3.63. The van der Waals surface area contributed by atoms with Crippen LogP contribution in [0.4, 0.5) is 0 Å². The molecule has 0 aromatic carbocycles. The number of amides is 1. The van der Waals surface area contributed by atoms with E-state index in [0.29, 0.717) is 56.9 Å². The first-order valence-corrected chi connectivity index (χ1v) is 22.5. The summed E-state index contributed by atoms with van der Waals surface area (Å²) in [6.45, 7) is 7.50. The predicted octanol–water partition coefficient (Wildman–Crippen LogP) is 4.78. The van der Waals surface area contributed by atoms with Crippen LogP contribution in [-0.2, 0) is 42.9 Å². The Kier molecular flexibility index (Phi) is 16.1. The number of ketones is 2. The molecular formula is C48H68N2O12. The first-order chi connectivity index (χ1) is 29.6. The molecule has 1 aromatic rings. The van der Waals surface area contributed by atoms with Crippen molar-refractivity contribution in [3.8, 4) is 0 Å². The highest BCUT2D eigenvalue weighted by molar-refractivity contribution is 6.39. The average molecular weight is 865 g/mol. The van der Waals surface area contributed by atoms with Gasteiger partial charge in [0.1, 0.15) is 24.0 Å². The van der Waals surface area contributed by atoms with Gasteiger partial charge in [0, 0.05) is 70.4 Å². The SMILES string of the molecule is CO[C@H]1C[C@@H](C)C/C(C)=C/[C@@H](C/C=C/c2ccncc2)C(=O)C[C@H](O)[C@@H](C)[C@@H]2OC(=O)[C@@H]3C(CCCN3C(=O)C(=O)[C@]3(O)O[C@H]1[C@@H](OC)C[C@H]3C)/C2=C\[C@@H]1CC[C@@H](O)[C@H](OC)C1. The highest BCUT2D eigenvalue weighted by atomic mass is 16.7. The Bertz CT molecular complexity index is 1830. The van der Waals surface area contributed by atoms with Gasteiger partial charge >= 0.3 is 5.97 Å². The van der Waals surface area contributed by atoms with E-state index in [1.165, 1.54) is 19.1 Å². The summed E-state index contributed by atoms with van der Waals surface area (Å²) in [5, 5.41) is 34.8. The number of rotatable bonds is 7. The van der Waals surface area contributed by atoms with Gasteiger partial charge in [-0.3, -0.25) is 19.4 Å². The minimum Gasteiger partial charge on any atom is -0.456 e. The lowest BCUT2D eigenvalue weighted by Gasteiger charge is -2.49. The normalized spacial score (nSPS) is 40.8. The van der Waals surface area contributed by atoms with E-state index in [2.05, 4.69) is 4.98 Å². The van der Waals surface area contributed by atoms with Crippen LogP contribution in [0.2, 0.25) is 0 Å². The fraction of sp³-hybridized carbons (Fsp3) is 0.688. The van der Waals surface area contributed by atoms with Crippen molar-refractivity contribution in [3.05, 3.63) is 59.5 Å². The van der Waals surface area contributed by atoms with Gasteiger partial charge in [0.05, 0.1) is 30.5 Å². The maximum absolute atomic E-state index is 14.5. The Morgan fingerprint density at radius 3 is 2.29 bits per heavy atom. The van der Waals surface area contributed by atoms with Crippen LogP contribution in [0.15, 0.2) is 53.9 Å². The van der Waals surface area contributed by atoms with E-state index in [-0.39, 0.29) is 37.0 Å². The molecule has 14 nitrogen and oxygen atoms in total. The number of allylic oxidation sites excluding steroid dienone is 4. The number of methoxy groups -OCH3 is 3. The third-order valence-electron chi connectivity index (χ3n) is 14.2. The molecule has 5 heterocycles. The second kappa shape index (κ2) is 20.9. The third-order valence-corrected chi connectivity index (χ3v) is 14.2. The topological polar surface area (TPSA) is 191 Å². The molecule has 62 heavy (non-hydrogen) atoms. The number of fused-ring (bicyclic) bond motifs is 4. The maximum atomic E-state index is 14.5. The van der Waals surface area contributed by atoms with Crippen molar-refractivity contribution in [3.63, 3.8) is 0 Å². The van der Waals surface area contributed by atoms with Crippen molar-refractivity contribution in [2.75, 3.05) is 27.9 Å². The van der Waals surface area contributed by atoms with E-state index < -0.39 is 95.9 Å². The van der Waals surface area contributed by atoms with Gasteiger partial charge in [-0.25, -0.2) is 4.79 Å². The van der Waals surface area contributed by atoms with Gasteiger partial charge in [-0.15, -0.1) is 0 Å². The van der Waals surface area contributed by atoms with Crippen molar-refractivity contribution in [1.82, 2.24) is 9.88 Å². The van der Waals surface area contributed by atoms with Crippen molar-refractivity contribution in [2.45, 2.75) is 146 Å². The van der Waals surface area contributed by atoms with Crippen molar-refractivity contribution >= 4 is 29.5 Å². The second-order valence-electron chi connectivity index (χ2n) is 18.6. The van der Waals surface area contributed by atoms with E-state index in [0.717, 1.165) is 11.1 Å². The number of esters is 1. The molecule has 342 valence electrons. The highest BCUT2D eigenvalue weighted by Gasteiger charge is 2.58. The molecule has 0 spiro atoms. The van der Waals surface area contributed by atoms with Gasteiger partial charge in [0.15, 0.2) is 0 Å². The Labute approximate surface area is 366 Å². The number of hydrogen-bond donors (Lipinski definition) is 3. The number of aliphatic hydroxyl groups excluding tert-OH is 2. The molecule has 5 aliphatic rings. The summed E-state index contributed by atoms with van der Waals surface area (Å²) in [7, 11) is 4.62. The number of pyridine rings is 1. The highest BCUT2D eigenvalue weighted by Crippen LogP contribution is 2.44. The van der Waals surface area contributed by atoms with Gasteiger partial charge < -0.3 is 43.9 Å². The number of carbonyl (C=O) groups is 4.